The summed E-state index contributed by atoms with van der Waals surface area (Å²) in [7, 11) is 1.84. The van der Waals surface area contributed by atoms with Crippen LogP contribution in [0.25, 0.3) is 0 Å². The second kappa shape index (κ2) is 4.25. The number of nitrogens with zero attached hydrogens (tertiary/aromatic N) is 3. The van der Waals surface area contributed by atoms with Gasteiger partial charge in [0.05, 0.1) is 12.5 Å². The molecule has 0 radical (unpaired) electrons. The number of hydrogen-bond acceptors (Lipinski definition) is 3. The second-order valence-corrected chi connectivity index (χ2v) is 4.57. The summed E-state index contributed by atoms with van der Waals surface area (Å²) in [6, 6.07) is 0.696. The minimum Gasteiger partial charge on any atom is -0.334 e. The smallest absolute Gasteiger partial charge is 0.272 e. The van der Waals surface area contributed by atoms with Gasteiger partial charge in [-0.05, 0) is 13.8 Å². The lowest BCUT2D eigenvalue weighted by atomic mass is 10.1. The minimum absolute atomic E-state index is 0.0696. The van der Waals surface area contributed by atoms with E-state index in [9.17, 15) is 4.79 Å². The van der Waals surface area contributed by atoms with E-state index < -0.39 is 0 Å². The number of carbonyl (C=O) groups is 1. The molecule has 2 rings (SSSR count). The van der Waals surface area contributed by atoms with Gasteiger partial charge in [0.25, 0.3) is 5.91 Å². The van der Waals surface area contributed by atoms with Crippen molar-refractivity contribution in [1.29, 1.82) is 0 Å². The van der Waals surface area contributed by atoms with Gasteiger partial charge in [-0.2, -0.15) is 0 Å². The van der Waals surface area contributed by atoms with Crippen LogP contribution in [0.4, 0.5) is 0 Å². The first kappa shape index (κ1) is 11.1. The number of aryl methyl sites for hydroxylation is 1. The highest BCUT2D eigenvalue weighted by Crippen LogP contribution is 2.09. The summed E-state index contributed by atoms with van der Waals surface area (Å²) in [5.41, 5.74) is 0.654. The maximum Gasteiger partial charge on any atom is 0.272 e. The number of piperazine rings is 1. The lowest BCUT2D eigenvalue weighted by molar-refractivity contribution is 0.0664. The van der Waals surface area contributed by atoms with Crippen LogP contribution in [-0.2, 0) is 7.05 Å². The number of amides is 1. The molecule has 0 aromatic carbocycles. The van der Waals surface area contributed by atoms with Gasteiger partial charge in [0.1, 0.15) is 5.69 Å². The summed E-state index contributed by atoms with van der Waals surface area (Å²) in [6.07, 6.45) is 3.28. The number of aromatic nitrogens is 2. The molecular weight excluding hydrogens is 204 g/mol. The predicted octanol–water partition coefficient (Wildman–Crippen LogP) is 0.242. The van der Waals surface area contributed by atoms with E-state index in [1.165, 1.54) is 0 Å². The Morgan fingerprint density at radius 3 is 2.56 bits per heavy atom. The van der Waals surface area contributed by atoms with Crippen molar-refractivity contribution in [1.82, 2.24) is 19.8 Å². The zero-order chi connectivity index (χ0) is 11.7. The van der Waals surface area contributed by atoms with Crippen molar-refractivity contribution in [2.24, 2.45) is 7.05 Å². The molecule has 16 heavy (non-hydrogen) atoms. The SMILES string of the molecule is CC1CN(C(=O)c2cncn2C)CC(C)N1. The average Bonchev–Trinajstić information content (AvgIpc) is 2.62. The van der Waals surface area contributed by atoms with Gasteiger partial charge in [0.15, 0.2) is 0 Å². The fourth-order valence-electron chi connectivity index (χ4n) is 2.22. The van der Waals surface area contributed by atoms with E-state index in [4.69, 9.17) is 0 Å². The van der Waals surface area contributed by atoms with Crippen LogP contribution < -0.4 is 5.32 Å². The van der Waals surface area contributed by atoms with Crippen molar-refractivity contribution < 1.29 is 4.79 Å². The first-order valence-electron chi connectivity index (χ1n) is 5.59. The first-order valence-corrected chi connectivity index (χ1v) is 5.59. The largest absolute Gasteiger partial charge is 0.334 e. The molecule has 0 bridgehead atoms. The fraction of sp³-hybridized carbons (Fsp3) is 0.636. The Hall–Kier alpha value is -1.36. The Morgan fingerprint density at radius 1 is 1.44 bits per heavy atom. The van der Waals surface area contributed by atoms with Gasteiger partial charge >= 0.3 is 0 Å². The van der Waals surface area contributed by atoms with Crippen molar-refractivity contribution in [2.45, 2.75) is 25.9 Å². The van der Waals surface area contributed by atoms with Gasteiger partial charge in [-0.15, -0.1) is 0 Å². The standard InChI is InChI=1S/C11H18N4O/c1-8-5-15(6-9(2)13-8)11(16)10-4-12-7-14(10)3/h4,7-9,13H,5-6H2,1-3H3. The van der Waals surface area contributed by atoms with Crippen LogP contribution in [0.2, 0.25) is 0 Å². The Labute approximate surface area is 95.5 Å². The first-order chi connectivity index (χ1) is 7.58. The van der Waals surface area contributed by atoms with Crippen LogP contribution in [0.3, 0.4) is 0 Å². The summed E-state index contributed by atoms with van der Waals surface area (Å²) in [6.45, 7) is 5.71. The summed E-state index contributed by atoms with van der Waals surface area (Å²) >= 11 is 0. The van der Waals surface area contributed by atoms with E-state index in [0.717, 1.165) is 13.1 Å². The molecule has 1 aliphatic rings. The fourth-order valence-corrected chi connectivity index (χ4v) is 2.22. The lowest BCUT2D eigenvalue weighted by Gasteiger charge is -2.36. The number of rotatable bonds is 1. The van der Waals surface area contributed by atoms with Gasteiger partial charge in [-0.3, -0.25) is 4.79 Å². The van der Waals surface area contributed by atoms with Crippen LogP contribution in [0, 0.1) is 0 Å². The Balaban J connectivity index is 2.13. The number of carbonyl (C=O) groups excluding carboxylic acids is 1. The zero-order valence-electron chi connectivity index (χ0n) is 9.97. The van der Waals surface area contributed by atoms with Gasteiger partial charge in [0.2, 0.25) is 0 Å². The topological polar surface area (TPSA) is 50.2 Å². The normalized spacial score (nSPS) is 25.8. The van der Waals surface area contributed by atoms with E-state index in [1.807, 2.05) is 11.9 Å². The summed E-state index contributed by atoms with van der Waals surface area (Å²) in [4.78, 5) is 18.1. The third-order valence-electron chi connectivity index (χ3n) is 2.88. The summed E-state index contributed by atoms with van der Waals surface area (Å²) < 4.78 is 1.76. The average molecular weight is 222 g/mol. The highest BCUT2D eigenvalue weighted by Gasteiger charge is 2.26. The Kier molecular flexibility index (Phi) is 2.96. The van der Waals surface area contributed by atoms with Gasteiger partial charge in [0, 0.05) is 32.2 Å². The second-order valence-electron chi connectivity index (χ2n) is 4.57. The highest BCUT2D eigenvalue weighted by atomic mass is 16.2. The molecule has 1 aromatic rings. The van der Waals surface area contributed by atoms with Crippen LogP contribution >= 0.6 is 0 Å². The Bertz CT molecular complexity index is 377. The van der Waals surface area contributed by atoms with Crippen molar-refractivity contribution >= 4 is 5.91 Å². The van der Waals surface area contributed by atoms with Crippen LogP contribution in [-0.4, -0.2) is 45.5 Å². The Morgan fingerprint density at radius 2 is 2.06 bits per heavy atom. The summed E-state index contributed by atoms with van der Waals surface area (Å²) in [5, 5.41) is 3.41. The van der Waals surface area contributed by atoms with E-state index in [0.29, 0.717) is 17.8 Å². The van der Waals surface area contributed by atoms with Crippen molar-refractivity contribution in [3.05, 3.63) is 18.2 Å². The predicted molar refractivity (Wildman–Crippen MR) is 61.2 cm³/mol. The van der Waals surface area contributed by atoms with Crippen molar-refractivity contribution in [3.8, 4) is 0 Å². The van der Waals surface area contributed by atoms with Crippen molar-refractivity contribution in [3.63, 3.8) is 0 Å². The lowest BCUT2D eigenvalue weighted by Crippen LogP contribution is -2.56. The molecule has 1 N–H and O–H groups in total. The van der Waals surface area contributed by atoms with Crippen molar-refractivity contribution in [2.75, 3.05) is 13.1 Å². The third kappa shape index (κ3) is 2.09. The van der Waals surface area contributed by atoms with Crippen LogP contribution in [0.5, 0.6) is 0 Å². The number of hydrogen-bond donors (Lipinski definition) is 1. The molecule has 0 aliphatic carbocycles. The molecular formula is C11H18N4O. The molecule has 1 saturated heterocycles. The monoisotopic (exact) mass is 222 g/mol. The number of nitrogens with one attached hydrogen (secondary N) is 1. The number of imidazole rings is 1. The summed E-state index contributed by atoms with van der Waals surface area (Å²) in [5.74, 6) is 0.0696. The zero-order valence-corrected chi connectivity index (χ0v) is 9.97. The quantitative estimate of drug-likeness (QED) is 0.740. The highest BCUT2D eigenvalue weighted by molar-refractivity contribution is 5.92. The minimum atomic E-state index is 0.0696. The molecule has 1 aliphatic heterocycles. The van der Waals surface area contributed by atoms with Crippen LogP contribution in [0.15, 0.2) is 12.5 Å². The molecule has 5 nitrogen and oxygen atoms in total. The molecule has 5 heteroatoms. The van der Waals surface area contributed by atoms with Gasteiger partial charge in [-0.25, -0.2) is 4.98 Å². The maximum absolute atomic E-state index is 12.2. The van der Waals surface area contributed by atoms with Crippen LogP contribution in [0.1, 0.15) is 24.3 Å². The molecule has 1 fully saturated rings. The molecule has 2 heterocycles. The molecule has 1 amide bonds. The van der Waals surface area contributed by atoms with Gasteiger partial charge in [-0.1, -0.05) is 0 Å². The molecule has 2 atom stereocenters. The molecule has 88 valence electrons. The van der Waals surface area contributed by atoms with E-state index in [2.05, 4.69) is 24.1 Å². The molecule has 1 aromatic heterocycles. The molecule has 0 saturated carbocycles. The molecule has 0 spiro atoms. The van der Waals surface area contributed by atoms with E-state index in [-0.39, 0.29) is 5.91 Å². The van der Waals surface area contributed by atoms with Gasteiger partial charge < -0.3 is 14.8 Å². The van der Waals surface area contributed by atoms with E-state index in [1.54, 1.807) is 17.1 Å². The van der Waals surface area contributed by atoms with E-state index >= 15 is 0 Å². The molecule has 2 unspecified atom stereocenters. The maximum atomic E-state index is 12.2. The third-order valence-corrected chi connectivity index (χ3v) is 2.88.